The predicted molar refractivity (Wildman–Crippen MR) is 76.4 cm³/mol. The summed E-state index contributed by atoms with van der Waals surface area (Å²) in [6, 6.07) is 10.3. The van der Waals surface area contributed by atoms with E-state index < -0.39 is 0 Å². The second-order valence-electron chi connectivity index (χ2n) is 3.36. The smallest absolute Gasteiger partial charge is 0.185 e. The Bertz CT molecular complexity index is 374. The maximum Gasteiger partial charge on any atom is 0.185 e. The molecule has 0 radical (unpaired) electrons. The summed E-state index contributed by atoms with van der Waals surface area (Å²) in [4.78, 5) is 0. The molecule has 1 aromatic rings. The summed E-state index contributed by atoms with van der Waals surface area (Å²) in [6.07, 6.45) is 6.49. The Balaban J connectivity index is 2.14. The number of hydrazine groups is 1. The maximum absolute atomic E-state index is 5.00. The average Bonchev–Trinajstić information content (AvgIpc) is 2.37. The fraction of sp³-hybridized carbons (Fsp3) is 0.154. The van der Waals surface area contributed by atoms with Crippen LogP contribution in [-0.4, -0.2) is 11.7 Å². The summed E-state index contributed by atoms with van der Waals surface area (Å²) >= 11 is 5.00. The van der Waals surface area contributed by atoms with Gasteiger partial charge in [0.1, 0.15) is 0 Å². The summed E-state index contributed by atoms with van der Waals surface area (Å²) in [7, 11) is 0. The highest BCUT2D eigenvalue weighted by Gasteiger charge is 1.88. The second-order valence-corrected chi connectivity index (χ2v) is 3.77. The summed E-state index contributed by atoms with van der Waals surface area (Å²) in [6.45, 7) is 4.25. The van der Waals surface area contributed by atoms with Crippen molar-refractivity contribution >= 4 is 17.3 Å². The molecule has 0 saturated heterocycles. The van der Waals surface area contributed by atoms with Crippen LogP contribution in [-0.2, 0) is 6.42 Å². The molecule has 4 heteroatoms. The third-order valence-electron chi connectivity index (χ3n) is 1.99. The molecule has 0 aromatic heterocycles. The zero-order chi connectivity index (χ0) is 12.3. The van der Waals surface area contributed by atoms with E-state index in [2.05, 4.69) is 34.9 Å². The van der Waals surface area contributed by atoms with Gasteiger partial charge in [0.15, 0.2) is 5.11 Å². The van der Waals surface area contributed by atoms with Crippen molar-refractivity contribution in [2.24, 2.45) is 0 Å². The average molecular weight is 247 g/mol. The summed E-state index contributed by atoms with van der Waals surface area (Å²) in [5, 5.41) is 3.50. The number of rotatable bonds is 6. The fourth-order valence-corrected chi connectivity index (χ4v) is 1.33. The maximum atomic E-state index is 5.00. The van der Waals surface area contributed by atoms with Crippen LogP contribution in [0, 0.1) is 0 Å². The Hall–Kier alpha value is -1.81. The van der Waals surface area contributed by atoms with E-state index >= 15 is 0 Å². The van der Waals surface area contributed by atoms with Gasteiger partial charge in [-0.05, 0) is 24.2 Å². The van der Waals surface area contributed by atoms with E-state index in [1.807, 2.05) is 30.5 Å². The van der Waals surface area contributed by atoms with Crippen LogP contribution in [0.25, 0.3) is 0 Å². The van der Waals surface area contributed by atoms with E-state index in [0.717, 1.165) is 6.42 Å². The van der Waals surface area contributed by atoms with Crippen molar-refractivity contribution in [2.75, 3.05) is 6.54 Å². The van der Waals surface area contributed by atoms with Crippen molar-refractivity contribution in [3.63, 3.8) is 0 Å². The minimum absolute atomic E-state index is 0.550. The zero-order valence-corrected chi connectivity index (χ0v) is 10.5. The van der Waals surface area contributed by atoms with Crippen LogP contribution in [0.5, 0.6) is 0 Å². The van der Waals surface area contributed by atoms with Crippen molar-refractivity contribution in [1.29, 1.82) is 0 Å². The van der Waals surface area contributed by atoms with Gasteiger partial charge < -0.3 is 10.7 Å². The Labute approximate surface area is 108 Å². The van der Waals surface area contributed by atoms with Crippen LogP contribution < -0.4 is 16.2 Å². The van der Waals surface area contributed by atoms with E-state index in [4.69, 9.17) is 12.2 Å². The van der Waals surface area contributed by atoms with Crippen LogP contribution in [0.3, 0.4) is 0 Å². The molecule has 0 spiro atoms. The molecule has 0 aliphatic rings. The molecule has 0 aliphatic heterocycles. The van der Waals surface area contributed by atoms with Crippen LogP contribution in [0.4, 0.5) is 0 Å². The molecule has 0 aliphatic carbocycles. The summed E-state index contributed by atoms with van der Waals surface area (Å²) in [5.41, 5.74) is 7.01. The summed E-state index contributed by atoms with van der Waals surface area (Å²) < 4.78 is 0. The van der Waals surface area contributed by atoms with Crippen molar-refractivity contribution in [3.05, 3.63) is 60.8 Å². The van der Waals surface area contributed by atoms with E-state index in [1.54, 1.807) is 6.08 Å². The molecule has 0 amide bonds. The van der Waals surface area contributed by atoms with Crippen molar-refractivity contribution in [1.82, 2.24) is 16.2 Å². The minimum Gasteiger partial charge on any atom is -0.358 e. The molecule has 3 N–H and O–H groups in total. The Morgan fingerprint density at radius 3 is 2.76 bits per heavy atom. The third kappa shape index (κ3) is 6.37. The number of hydrogen-bond acceptors (Lipinski definition) is 2. The number of allylic oxidation sites excluding steroid dienone is 1. The van der Waals surface area contributed by atoms with E-state index in [9.17, 15) is 0 Å². The molecule has 17 heavy (non-hydrogen) atoms. The monoisotopic (exact) mass is 247 g/mol. The quantitative estimate of drug-likeness (QED) is 0.408. The first-order chi connectivity index (χ1) is 8.33. The first-order valence-electron chi connectivity index (χ1n) is 5.42. The molecule has 1 aromatic carbocycles. The lowest BCUT2D eigenvalue weighted by Gasteiger charge is -2.07. The number of benzene rings is 1. The van der Waals surface area contributed by atoms with Gasteiger partial charge in [-0.2, -0.15) is 0 Å². The molecule has 1 rings (SSSR count). The van der Waals surface area contributed by atoms with E-state index in [1.165, 1.54) is 5.56 Å². The van der Waals surface area contributed by atoms with Gasteiger partial charge in [-0.3, -0.25) is 5.43 Å². The van der Waals surface area contributed by atoms with Gasteiger partial charge in [0.2, 0.25) is 0 Å². The molecule has 0 heterocycles. The van der Waals surface area contributed by atoms with Crippen molar-refractivity contribution in [3.8, 4) is 0 Å². The SMILES string of the molecule is C=CCNC(=S)NNC=CCc1ccccc1. The first kappa shape index (κ1) is 13.3. The lowest BCUT2D eigenvalue weighted by Crippen LogP contribution is -2.41. The highest BCUT2D eigenvalue weighted by atomic mass is 32.1. The van der Waals surface area contributed by atoms with Gasteiger partial charge in [-0.25, -0.2) is 0 Å². The summed E-state index contributed by atoms with van der Waals surface area (Å²) in [5.74, 6) is 0. The Morgan fingerprint density at radius 2 is 2.06 bits per heavy atom. The Kier molecular flexibility index (Phi) is 6.51. The van der Waals surface area contributed by atoms with Crippen molar-refractivity contribution in [2.45, 2.75) is 6.42 Å². The van der Waals surface area contributed by atoms with Gasteiger partial charge >= 0.3 is 0 Å². The second kappa shape index (κ2) is 8.35. The lowest BCUT2D eigenvalue weighted by atomic mass is 10.1. The van der Waals surface area contributed by atoms with E-state index in [-0.39, 0.29) is 0 Å². The molecular weight excluding hydrogens is 230 g/mol. The van der Waals surface area contributed by atoms with Gasteiger partial charge in [-0.1, -0.05) is 42.5 Å². The molecule has 90 valence electrons. The van der Waals surface area contributed by atoms with Crippen LogP contribution in [0.1, 0.15) is 5.56 Å². The number of hydrogen-bond donors (Lipinski definition) is 3. The standard InChI is InChI=1S/C13H17N3S/c1-2-10-14-13(17)16-15-11-6-9-12-7-4-3-5-8-12/h2-8,11,15H,1,9-10H2,(H2,14,16,17). The van der Waals surface area contributed by atoms with Crippen LogP contribution >= 0.6 is 12.2 Å². The van der Waals surface area contributed by atoms with E-state index in [0.29, 0.717) is 11.7 Å². The van der Waals surface area contributed by atoms with Gasteiger partial charge in [0.05, 0.1) is 0 Å². The largest absolute Gasteiger partial charge is 0.358 e. The molecule has 0 atom stereocenters. The van der Waals surface area contributed by atoms with Gasteiger partial charge in [-0.15, -0.1) is 6.58 Å². The molecule has 0 bridgehead atoms. The van der Waals surface area contributed by atoms with Gasteiger partial charge in [0, 0.05) is 12.7 Å². The first-order valence-corrected chi connectivity index (χ1v) is 5.83. The molecule has 3 nitrogen and oxygen atoms in total. The van der Waals surface area contributed by atoms with Gasteiger partial charge in [0.25, 0.3) is 0 Å². The third-order valence-corrected chi connectivity index (χ3v) is 2.24. The lowest BCUT2D eigenvalue weighted by molar-refractivity contribution is 0.792. The molecule has 0 unspecified atom stereocenters. The number of nitrogens with one attached hydrogen (secondary N) is 3. The fourth-order valence-electron chi connectivity index (χ4n) is 1.18. The minimum atomic E-state index is 0.550. The van der Waals surface area contributed by atoms with Crippen LogP contribution in [0.2, 0.25) is 0 Å². The molecule has 0 saturated carbocycles. The predicted octanol–water partition coefficient (Wildman–Crippen LogP) is 1.90. The topological polar surface area (TPSA) is 36.1 Å². The van der Waals surface area contributed by atoms with Crippen molar-refractivity contribution < 1.29 is 0 Å². The normalized spacial score (nSPS) is 9.88. The Morgan fingerprint density at radius 1 is 1.29 bits per heavy atom. The van der Waals surface area contributed by atoms with Crippen LogP contribution in [0.15, 0.2) is 55.3 Å². The zero-order valence-electron chi connectivity index (χ0n) is 9.65. The molecule has 0 fully saturated rings. The highest BCUT2D eigenvalue weighted by molar-refractivity contribution is 7.80. The molecular formula is C13H17N3S. The highest BCUT2D eigenvalue weighted by Crippen LogP contribution is 1.99. The number of thiocarbonyl (C=S) groups is 1.